The molecule has 1 heteroatoms. The Labute approximate surface area is 75.5 Å². The zero-order chi connectivity index (χ0) is 8.97. The summed E-state index contributed by atoms with van der Waals surface area (Å²) in [6.07, 6.45) is 6.94. The Balaban J connectivity index is 2.40. The summed E-state index contributed by atoms with van der Waals surface area (Å²) in [6.45, 7) is 4.22. The molecule has 0 spiro atoms. The number of carbonyl (C=O) groups is 1. The maximum absolute atomic E-state index is 11.4. The van der Waals surface area contributed by atoms with E-state index in [1.54, 1.807) is 0 Å². The molecule has 0 bridgehead atoms. The molecule has 2 atom stereocenters. The van der Waals surface area contributed by atoms with Crippen LogP contribution < -0.4 is 0 Å². The summed E-state index contributed by atoms with van der Waals surface area (Å²) < 4.78 is 0. The Morgan fingerprint density at radius 2 is 2.08 bits per heavy atom. The van der Waals surface area contributed by atoms with Crippen LogP contribution in [0.5, 0.6) is 0 Å². The van der Waals surface area contributed by atoms with Gasteiger partial charge in [0.2, 0.25) is 0 Å². The van der Waals surface area contributed by atoms with Crippen LogP contribution in [0.1, 0.15) is 52.4 Å². The molecule has 1 nitrogen and oxygen atoms in total. The van der Waals surface area contributed by atoms with Gasteiger partial charge >= 0.3 is 0 Å². The molecule has 0 aromatic heterocycles. The van der Waals surface area contributed by atoms with Crippen molar-refractivity contribution in [2.45, 2.75) is 52.4 Å². The quantitative estimate of drug-likeness (QED) is 0.632. The first-order chi connectivity index (χ1) is 5.77. The fourth-order valence-corrected chi connectivity index (χ4v) is 2.24. The third kappa shape index (κ3) is 2.33. The number of carbonyl (C=O) groups excluding carboxylic acids is 1. The topological polar surface area (TPSA) is 17.1 Å². The Morgan fingerprint density at radius 3 is 2.67 bits per heavy atom. The van der Waals surface area contributed by atoms with E-state index in [4.69, 9.17) is 0 Å². The summed E-state index contributed by atoms with van der Waals surface area (Å²) in [5, 5.41) is 0. The lowest BCUT2D eigenvalue weighted by Gasteiger charge is -2.27. The molecule has 0 N–H and O–H groups in total. The minimum Gasteiger partial charge on any atom is -0.299 e. The van der Waals surface area contributed by atoms with Crippen molar-refractivity contribution in [3.05, 3.63) is 0 Å². The standard InChI is InChI=1S/C11H20O/c1-3-9-6-5-7-10(8-9)11(12)4-2/h9-10H,3-8H2,1-2H3. The van der Waals surface area contributed by atoms with Gasteiger partial charge in [-0.15, -0.1) is 0 Å². The average Bonchev–Trinajstić information content (AvgIpc) is 2.17. The monoisotopic (exact) mass is 168 g/mol. The van der Waals surface area contributed by atoms with Gasteiger partial charge in [-0.1, -0.05) is 33.1 Å². The van der Waals surface area contributed by atoms with Crippen LogP contribution in [0.3, 0.4) is 0 Å². The zero-order valence-corrected chi connectivity index (χ0v) is 8.31. The second-order valence-corrected chi connectivity index (χ2v) is 3.96. The average molecular weight is 168 g/mol. The van der Waals surface area contributed by atoms with Gasteiger partial charge in [0, 0.05) is 12.3 Å². The van der Waals surface area contributed by atoms with Crippen molar-refractivity contribution >= 4 is 5.78 Å². The predicted molar refractivity (Wildman–Crippen MR) is 51.0 cm³/mol. The molecule has 0 saturated heterocycles. The molecule has 0 amide bonds. The van der Waals surface area contributed by atoms with Crippen LogP contribution in [0.4, 0.5) is 0 Å². The molecule has 1 saturated carbocycles. The van der Waals surface area contributed by atoms with E-state index >= 15 is 0 Å². The molecule has 0 aromatic carbocycles. The van der Waals surface area contributed by atoms with Crippen LogP contribution >= 0.6 is 0 Å². The van der Waals surface area contributed by atoms with Crippen molar-refractivity contribution < 1.29 is 4.79 Å². The summed E-state index contributed by atoms with van der Waals surface area (Å²) in [5.41, 5.74) is 0. The van der Waals surface area contributed by atoms with Gasteiger partial charge in [0.25, 0.3) is 0 Å². The number of hydrogen-bond acceptors (Lipinski definition) is 1. The van der Waals surface area contributed by atoms with E-state index in [0.717, 1.165) is 18.8 Å². The van der Waals surface area contributed by atoms with Gasteiger partial charge in [-0.3, -0.25) is 4.79 Å². The predicted octanol–water partition coefficient (Wildman–Crippen LogP) is 3.18. The van der Waals surface area contributed by atoms with E-state index in [9.17, 15) is 4.79 Å². The fourth-order valence-electron chi connectivity index (χ4n) is 2.24. The first-order valence-corrected chi connectivity index (χ1v) is 5.30. The molecule has 12 heavy (non-hydrogen) atoms. The zero-order valence-electron chi connectivity index (χ0n) is 8.31. The van der Waals surface area contributed by atoms with Crippen molar-refractivity contribution in [3.8, 4) is 0 Å². The van der Waals surface area contributed by atoms with Crippen LogP contribution in [-0.2, 0) is 4.79 Å². The third-order valence-corrected chi connectivity index (χ3v) is 3.16. The molecule has 0 heterocycles. The van der Waals surface area contributed by atoms with E-state index in [2.05, 4.69) is 6.92 Å². The SMILES string of the molecule is CCC(=O)C1CCCC(CC)C1. The molecular formula is C11H20O. The van der Waals surface area contributed by atoms with Crippen LogP contribution in [0.2, 0.25) is 0 Å². The lowest BCUT2D eigenvalue weighted by molar-refractivity contribution is -0.124. The third-order valence-electron chi connectivity index (χ3n) is 3.16. The van der Waals surface area contributed by atoms with Crippen molar-refractivity contribution in [2.24, 2.45) is 11.8 Å². The van der Waals surface area contributed by atoms with Gasteiger partial charge in [-0.2, -0.15) is 0 Å². The highest BCUT2D eigenvalue weighted by Crippen LogP contribution is 2.31. The second kappa shape index (κ2) is 4.64. The highest BCUT2D eigenvalue weighted by atomic mass is 16.1. The van der Waals surface area contributed by atoms with Gasteiger partial charge in [0.1, 0.15) is 5.78 Å². The van der Waals surface area contributed by atoms with E-state index in [1.807, 2.05) is 6.92 Å². The second-order valence-electron chi connectivity index (χ2n) is 3.96. The minimum atomic E-state index is 0.411. The Hall–Kier alpha value is -0.330. The number of ketones is 1. The van der Waals surface area contributed by atoms with Crippen molar-refractivity contribution in [1.82, 2.24) is 0 Å². The molecular weight excluding hydrogens is 148 g/mol. The summed E-state index contributed by atoms with van der Waals surface area (Å²) in [4.78, 5) is 11.4. The molecule has 0 radical (unpaired) electrons. The summed E-state index contributed by atoms with van der Waals surface area (Å²) in [6, 6.07) is 0. The van der Waals surface area contributed by atoms with E-state index in [-0.39, 0.29) is 0 Å². The molecule has 1 aliphatic rings. The largest absolute Gasteiger partial charge is 0.299 e. The molecule has 2 unspecified atom stereocenters. The highest BCUT2D eigenvalue weighted by Gasteiger charge is 2.24. The first kappa shape index (κ1) is 9.76. The highest BCUT2D eigenvalue weighted by molar-refractivity contribution is 5.80. The van der Waals surface area contributed by atoms with Crippen LogP contribution in [0, 0.1) is 11.8 Å². The van der Waals surface area contributed by atoms with E-state index < -0.39 is 0 Å². The lowest BCUT2D eigenvalue weighted by Crippen LogP contribution is -2.21. The summed E-state index contributed by atoms with van der Waals surface area (Å²) in [5.74, 6) is 1.74. The van der Waals surface area contributed by atoms with Crippen molar-refractivity contribution in [1.29, 1.82) is 0 Å². The first-order valence-electron chi connectivity index (χ1n) is 5.30. The number of Topliss-reactive ketones (excluding diaryl/α,β-unsaturated/α-hetero) is 1. The molecule has 1 fully saturated rings. The lowest BCUT2D eigenvalue weighted by atomic mass is 9.78. The normalized spacial score (nSPS) is 30.2. The van der Waals surface area contributed by atoms with Gasteiger partial charge in [0.15, 0.2) is 0 Å². The van der Waals surface area contributed by atoms with Crippen LogP contribution in [-0.4, -0.2) is 5.78 Å². The van der Waals surface area contributed by atoms with Gasteiger partial charge in [-0.25, -0.2) is 0 Å². The minimum absolute atomic E-state index is 0.411. The maximum Gasteiger partial charge on any atom is 0.135 e. The van der Waals surface area contributed by atoms with E-state index in [1.165, 1.54) is 25.7 Å². The number of rotatable bonds is 3. The molecule has 0 aromatic rings. The smallest absolute Gasteiger partial charge is 0.135 e. The molecule has 1 rings (SSSR count). The van der Waals surface area contributed by atoms with Gasteiger partial charge < -0.3 is 0 Å². The summed E-state index contributed by atoms with van der Waals surface area (Å²) in [7, 11) is 0. The van der Waals surface area contributed by atoms with Gasteiger partial charge in [0.05, 0.1) is 0 Å². The Kier molecular flexibility index (Phi) is 3.77. The Morgan fingerprint density at radius 1 is 1.33 bits per heavy atom. The van der Waals surface area contributed by atoms with E-state index in [0.29, 0.717) is 11.7 Å². The Bertz CT molecular complexity index is 151. The maximum atomic E-state index is 11.4. The van der Waals surface area contributed by atoms with Crippen molar-refractivity contribution in [2.75, 3.05) is 0 Å². The molecule has 0 aliphatic heterocycles. The fraction of sp³-hybridized carbons (Fsp3) is 0.909. The molecule has 1 aliphatic carbocycles. The van der Waals surface area contributed by atoms with Crippen molar-refractivity contribution in [3.63, 3.8) is 0 Å². The molecule has 70 valence electrons. The number of hydrogen-bond donors (Lipinski definition) is 0. The summed E-state index contributed by atoms with van der Waals surface area (Å²) >= 11 is 0. The van der Waals surface area contributed by atoms with Crippen LogP contribution in [0.25, 0.3) is 0 Å². The van der Waals surface area contributed by atoms with Gasteiger partial charge in [-0.05, 0) is 18.8 Å². The van der Waals surface area contributed by atoms with Crippen LogP contribution in [0.15, 0.2) is 0 Å².